The van der Waals surface area contributed by atoms with Crippen molar-refractivity contribution in [1.29, 1.82) is 0 Å². The van der Waals surface area contributed by atoms with E-state index >= 15 is 0 Å². The molecular formula is C19H35NO4. The maximum atomic E-state index is 11.6. The number of amides is 1. The first-order valence-corrected chi connectivity index (χ1v) is 9.59. The highest BCUT2D eigenvalue weighted by Crippen LogP contribution is 2.29. The highest BCUT2D eigenvalue weighted by atomic mass is 16.5. The number of hydrogen-bond donors (Lipinski definition) is 1. The molecule has 0 spiro atoms. The number of ether oxygens (including phenoxy) is 2. The molecule has 1 aliphatic rings. The zero-order chi connectivity index (χ0) is 17.6. The monoisotopic (exact) mass is 341 g/mol. The zero-order valence-electron chi connectivity index (χ0n) is 15.5. The molecule has 1 rings (SSSR count). The molecule has 0 aromatic carbocycles. The average Bonchev–Trinajstić information content (AvgIpc) is 2.60. The number of carbonyl (C=O) groups excluding carboxylic acids is 2. The fraction of sp³-hybridized carbons (Fsp3) is 0.895. The number of rotatable bonds is 13. The van der Waals surface area contributed by atoms with E-state index in [9.17, 15) is 9.59 Å². The molecule has 5 heteroatoms. The molecule has 0 heterocycles. The number of Topliss-reactive ketones (excluding diaryl/α,β-unsaturated/α-hetero) is 1. The lowest BCUT2D eigenvalue weighted by atomic mass is 9.83. The molecule has 0 saturated heterocycles. The van der Waals surface area contributed by atoms with E-state index in [0.29, 0.717) is 38.3 Å². The van der Waals surface area contributed by atoms with Crippen LogP contribution in [-0.2, 0) is 19.1 Å². The van der Waals surface area contributed by atoms with Crippen LogP contribution in [0.15, 0.2) is 0 Å². The molecule has 0 atom stereocenters. The van der Waals surface area contributed by atoms with Gasteiger partial charge in [0.2, 0.25) is 5.91 Å². The molecule has 0 aromatic heterocycles. The van der Waals surface area contributed by atoms with E-state index in [0.717, 1.165) is 32.2 Å². The summed E-state index contributed by atoms with van der Waals surface area (Å²) in [5.74, 6) is 1.59. The topological polar surface area (TPSA) is 64.6 Å². The van der Waals surface area contributed by atoms with Gasteiger partial charge in [0, 0.05) is 52.2 Å². The molecule has 24 heavy (non-hydrogen) atoms. The van der Waals surface area contributed by atoms with Gasteiger partial charge in [0.05, 0.1) is 0 Å². The summed E-state index contributed by atoms with van der Waals surface area (Å²) in [6, 6.07) is 0. The minimum Gasteiger partial charge on any atom is -0.381 e. The minimum atomic E-state index is 0.0129. The summed E-state index contributed by atoms with van der Waals surface area (Å²) in [5, 5.41) is 2.78. The third-order valence-corrected chi connectivity index (χ3v) is 4.69. The Bertz CT molecular complexity index is 351. The normalized spacial score (nSPS) is 20.8. The second-order valence-electron chi connectivity index (χ2n) is 6.72. The Morgan fingerprint density at radius 1 is 0.958 bits per heavy atom. The van der Waals surface area contributed by atoms with Crippen molar-refractivity contribution in [2.75, 3.05) is 33.0 Å². The Labute approximate surface area is 146 Å². The van der Waals surface area contributed by atoms with Gasteiger partial charge in [-0.2, -0.15) is 0 Å². The van der Waals surface area contributed by atoms with Crippen LogP contribution in [0.3, 0.4) is 0 Å². The lowest BCUT2D eigenvalue weighted by Crippen LogP contribution is -2.26. The second kappa shape index (κ2) is 13.4. The van der Waals surface area contributed by atoms with Gasteiger partial charge in [-0.3, -0.25) is 9.59 Å². The lowest BCUT2D eigenvalue weighted by Gasteiger charge is -2.28. The van der Waals surface area contributed by atoms with Gasteiger partial charge in [-0.15, -0.1) is 0 Å². The van der Waals surface area contributed by atoms with Crippen molar-refractivity contribution in [3.8, 4) is 0 Å². The van der Waals surface area contributed by atoms with Crippen LogP contribution in [0, 0.1) is 11.8 Å². The predicted octanol–water partition coefficient (Wildman–Crippen LogP) is 3.11. The Morgan fingerprint density at radius 2 is 1.58 bits per heavy atom. The molecule has 1 amide bonds. The summed E-state index contributed by atoms with van der Waals surface area (Å²) >= 11 is 0. The van der Waals surface area contributed by atoms with E-state index in [-0.39, 0.29) is 11.7 Å². The molecule has 0 bridgehead atoms. The van der Waals surface area contributed by atoms with Crippen molar-refractivity contribution in [3.05, 3.63) is 0 Å². The standard InChI is InChI=1S/C19H35NO4/c1-3-18(21)11-12-20-19(22)6-5-13-24-15-17-9-7-16(8-10-17)14-23-4-2/h16-17H,3-15H2,1-2H3,(H,20,22). The Balaban J connectivity index is 1.93. The van der Waals surface area contributed by atoms with E-state index in [1.165, 1.54) is 25.7 Å². The molecule has 5 nitrogen and oxygen atoms in total. The average molecular weight is 341 g/mol. The summed E-state index contributed by atoms with van der Waals surface area (Å²) in [7, 11) is 0. The van der Waals surface area contributed by atoms with Gasteiger partial charge in [0.25, 0.3) is 0 Å². The molecule has 140 valence electrons. The van der Waals surface area contributed by atoms with Crippen molar-refractivity contribution >= 4 is 11.7 Å². The Kier molecular flexibility index (Phi) is 11.7. The second-order valence-corrected chi connectivity index (χ2v) is 6.72. The van der Waals surface area contributed by atoms with Crippen LogP contribution < -0.4 is 5.32 Å². The number of ketones is 1. The van der Waals surface area contributed by atoms with Crippen LogP contribution in [0.5, 0.6) is 0 Å². The third-order valence-electron chi connectivity index (χ3n) is 4.69. The Hall–Kier alpha value is -0.940. The maximum absolute atomic E-state index is 11.6. The SMILES string of the molecule is CCOCC1CCC(COCCCC(=O)NCCC(=O)CC)CC1. The number of carbonyl (C=O) groups is 2. The van der Waals surface area contributed by atoms with Crippen LogP contribution in [-0.4, -0.2) is 44.7 Å². The predicted molar refractivity (Wildman–Crippen MR) is 94.9 cm³/mol. The van der Waals surface area contributed by atoms with E-state index in [4.69, 9.17) is 9.47 Å². The third kappa shape index (κ3) is 10.0. The first-order valence-electron chi connectivity index (χ1n) is 9.59. The molecule has 1 aliphatic carbocycles. The fourth-order valence-electron chi connectivity index (χ4n) is 3.04. The molecule has 1 N–H and O–H groups in total. The van der Waals surface area contributed by atoms with Gasteiger partial charge in [-0.05, 0) is 50.9 Å². The van der Waals surface area contributed by atoms with E-state index < -0.39 is 0 Å². The summed E-state index contributed by atoms with van der Waals surface area (Å²) in [6.07, 6.45) is 7.13. The quantitative estimate of drug-likeness (QED) is 0.523. The summed E-state index contributed by atoms with van der Waals surface area (Å²) < 4.78 is 11.2. The zero-order valence-corrected chi connectivity index (χ0v) is 15.5. The molecule has 0 aliphatic heterocycles. The number of hydrogen-bond acceptors (Lipinski definition) is 4. The molecular weight excluding hydrogens is 306 g/mol. The van der Waals surface area contributed by atoms with Gasteiger partial charge in [0.15, 0.2) is 0 Å². The van der Waals surface area contributed by atoms with Crippen molar-refractivity contribution in [2.45, 2.75) is 65.2 Å². The van der Waals surface area contributed by atoms with Crippen LogP contribution >= 0.6 is 0 Å². The van der Waals surface area contributed by atoms with Crippen molar-refractivity contribution in [1.82, 2.24) is 5.32 Å². The van der Waals surface area contributed by atoms with E-state index in [1.54, 1.807) is 0 Å². The van der Waals surface area contributed by atoms with Gasteiger partial charge in [-0.1, -0.05) is 6.92 Å². The molecule has 0 radical (unpaired) electrons. The molecule has 0 aromatic rings. The van der Waals surface area contributed by atoms with Gasteiger partial charge < -0.3 is 14.8 Å². The van der Waals surface area contributed by atoms with Crippen LogP contribution in [0.1, 0.15) is 65.2 Å². The van der Waals surface area contributed by atoms with Gasteiger partial charge >= 0.3 is 0 Å². The Morgan fingerprint density at radius 3 is 2.17 bits per heavy atom. The molecule has 1 fully saturated rings. The maximum Gasteiger partial charge on any atom is 0.220 e. The molecule has 1 saturated carbocycles. The van der Waals surface area contributed by atoms with Crippen molar-refractivity contribution < 1.29 is 19.1 Å². The first-order chi connectivity index (χ1) is 11.7. The molecule has 0 unspecified atom stereocenters. The smallest absolute Gasteiger partial charge is 0.220 e. The minimum absolute atomic E-state index is 0.0129. The highest BCUT2D eigenvalue weighted by Gasteiger charge is 2.21. The van der Waals surface area contributed by atoms with Crippen LogP contribution in [0.25, 0.3) is 0 Å². The van der Waals surface area contributed by atoms with E-state index in [1.807, 2.05) is 13.8 Å². The van der Waals surface area contributed by atoms with Gasteiger partial charge in [0.1, 0.15) is 5.78 Å². The van der Waals surface area contributed by atoms with Crippen LogP contribution in [0.2, 0.25) is 0 Å². The number of nitrogens with one attached hydrogen (secondary N) is 1. The first kappa shape index (κ1) is 21.1. The summed E-state index contributed by atoms with van der Waals surface area (Å²) in [4.78, 5) is 22.7. The highest BCUT2D eigenvalue weighted by molar-refractivity contribution is 5.80. The van der Waals surface area contributed by atoms with Crippen LogP contribution in [0.4, 0.5) is 0 Å². The van der Waals surface area contributed by atoms with Crippen molar-refractivity contribution in [3.63, 3.8) is 0 Å². The largest absolute Gasteiger partial charge is 0.381 e. The summed E-state index contributed by atoms with van der Waals surface area (Å²) in [6.45, 7) is 7.51. The fourth-order valence-corrected chi connectivity index (χ4v) is 3.04. The summed E-state index contributed by atoms with van der Waals surface area (Å²) in [5.41, 5.74) is 0. The van der Waals surface area contributed by atoms with Crippen molar-refractivity contribution in [2.24, 2.45) is 11.8 Å². The lowest BCUT2D eigenvalue weighted by molar-refractivity contribution is -0.121. The van der Waals surface area contributed by atoms with Gasteiger partial charge in [-0.25, -0.2) is 0 Å². The van der Waals surface area contributed by atoms with E-state index in [2.05, 4.69) is 5.32 Å².